The standard InChI is InChI=1S/C8H13N3O3/c1-3-4-5-8(11(13)14)6(2)9-10-7(8)12/h3-5H2,1-2H3,(H,10,12). The fraction of sp³-hybridized carbons (Fsp3) is 0.750. The lowest BCUT2D eigenvalue weighted by molar-refractivity contribution is -0.531. The van der Waals surface area contributed by atoms with Gasteiger partial charge in [0.05, 0.1) is 0 Å². The van der Waals surface area contributed by atoms with Crippen LogP contribution in [0.1, 0.15) is 33.1 Å². The van der Waals surface area contributed by atoms with Gasteiger partial charge in [-0.25, -0.2) is 5.43 Å². The second kappa shape index (κ2) is 3.73. The van der Waals surface area contributed by atoms with Crippen LogP contribution in [0.2, 0.25) is 0 Å². The van der Waals surface area contributed by atoms with Gasteiger partial charge in [-0.3, -0.25) is 14.9 Å². The molecule has 0 radical (unpaired) electrons. The molecule has 0 fully saturated rings. The van der Waals surface area contributed by atoms with Gasteiger partial charge in [-0.05, 0) is 13.3 Å². The summed E-state index contributed by atoms with van der Waals surface area (Å²) in [7, 11) is 0. The maximum atomic E-state index is 11.4. The van der Waals surface area contributed by atoms with Crippen molar-refractivity contribution in [1.29, 1.82) is 0 Å². The van der Waals surface area contributed by atoms with E-state index in [1.807, 2.05) is 6.92 Å². The molecule has 1 atom stereocenters. The number of hydrazone groups is 1. The molecule has 1 heterocycles. The molecule has 1 amide bonds. The molecule has 1 rings (SSSR count). The molecule has 0 spiro atoms. The molecule has 1 unspecified atom stereocenters. The summed E-state index contributed by atoms with van der Waals surface area (Å²) in [5, 5.41) is 14.5. The minimum atomic E-state index is -1.62. The Morgan fingerprint density at radius 2 is 2.29 bits per heavy atom. The van der Waals surface area contributed by atoms with Crippen LogP contribution in [0, 0.1) is 10.1 Å². The third-order valence-electron chi connectivity index (χ3n) is 2.50. The number of hydrogen-bond acceptors (Lipinski definition) is 4. The van der Waals surface area contributed by atoms with Crippen LogP contribution in [0.15, 0.2) is 5.10 Å². The van der Waals surface area contributed by atoms with Crippen molar-refractivity contribution < 1.29 is 9.72 Å². The van der Waals surface area contributed by atoms with E-state index in [0.29, 0.717) is 6.42 Å². The molecular weight excluding hydrogens is 186 g/mol. The van der Waals surface area contributed by atoms with E-state index in [1.165, 1.54) is 6.92 Å². The van der Waals surface area contributed by atoms with Crippen LogP contribution in [0.25, 0.3) is 0 Å². The van der Waals surface area contributed by atoms with Gasteiger partial charge in [0.2, 0.25) is 0 Å². The van der Waals surface area contributed by atoms with Gasteiger partial charge in [0.15, 0.2) is 0 Å². The smallest absolute Gasteiger partial charge is 0.264 e. The van der Waals surface area contributed by atoms with Crippen molar-refractivity contribution >= 4 is 11.6 Å². The van der Waals surface area contributed by atoms with Crippen molar-refractivity contribution in [2.45, 2.75) is 38.6 Å². The van der Waals surface area contributed by atoms with Crippen LogP contribution in [-0.2, 0) is 4.79 Å². The van der Waals surface area contributed by atoms with Crippen LogP contribution in [0.4, 0.5) is 0 Å². The lowest BCUT2D eigenvalue weighted by Gasteiger charge is -2.16. The monoisotopic (exact) mass is 199 g/mol. The van der Waals surface area contributed by atoms with Crippen LogP contribution < -0.4 is 5.43 Å². The van der Waals surface area contributed by atoms with Gasteiger partial charge in [-0.1, -0.05) is 13.3 Å². The molecule has 0 saturated carbocycles. The molecule has 6 heteroatoms. The zero-order chi connectivity index (χ0) is 10.8. The lowest BCUT2D eigenvalue weighted by atomic mass is 9.89. The summed E-state index contributed by atoms with van der Waals surface area (Å²) in [5.74, 6) is -0.617. The average Bonchev–Trinajstić information content (AvgIpc) is 2.41. The Balaban J connectivity index is 2.97. The molecule has 0 aliphatic carbocycles. The van der Waals surface area contributed by atoms with Gasteiger partial charge in [0.1, 0.15) is 5.71 Å². The van der Waals surface area contributed by atoms with Gasteiger partial charge in [0.25, 0.3) is 0 Å². The second-order valence-corrected chi connectivity index (χ2v) is 3.36. The number of rotatable bonds is 4. The molecule has 1 aliphatic heterocycles. The van der Waals surface area contributed by atoms with Crippen molar-refractivity contribution in [1.82, 2.24) is 5.43 Å². The summed E-state index contributed by atoms with van der Waals surface area (Å²) < 4.78 is 0. The third-order valence-corrected chi connectivity index (χ3v) is 2.50. The largest absolute Gasteiger partial charge is 0.339 e. The highest BCUT2D eigenvalue weighted by atomic mass is 16.6. The molecule has 6 nitrogen and oxygen atoms in total. The van der Waals surface area contributed by atoms with Crippen molar-refractivity contribution in [3.05, 3.63) is 10.1 Å². The Labute approximate surface area is 81.5 Å². The number of hydrogen-bond donors (Lipinski definition) is 1. The second-order valence-electron chi connectivity index (χ2n) is 3.36. The maximum absolute atomic E-state index is 11.4. The van der Waals surface area contributed by atoms with Crippen LogP contribution >= 0.6 is 0 Å². The van der Waals surface area contributed by atoms with E-state index in [-0.39, 0.29) is 12.1 Å². The Morgan fingerprint density at radius 3 is 2.64 bits per heavy atom. The number of amides is 1. The van der Waals surface area contributed by atoms with E-state index in [4.69, 9.17) is 0 Å². The summed E-state index contributed by atoms with van der Waals surface area (Å²) in [4.78, 5) is 21.8. The van der Waals surface area contributed by atoms with E-state index in [1.54, 1.807) is 0 Å². The predicted molar refractivity (Wildman–Crippen MR) is 50.5 cm³/mol. The molecular formula is C8H13N3O3. The fourth-order valence-electron chi connectivity index (χ4n) is 1.52. The zero-order valence-electron chi connectivity index (χ0n) is 8.24. The number of carbonyl (C=O) groups is 1. The van der Waals surface area contributed by atoms with Gasteiger partial charge >= 0.3 is 11.4 Å². The normalized spacial score (nSPS) is 25.9. The Kier molecular flexibility index (Phi) is 2.83. The molecule has 14 heavy (non-hydrogen) atoms. The molecule has 0 aromatic heterocycles. The van der Waals surface area contributed by atoms with Gasteiger partial charge in [-0.2, -0.15) is 5.10 Å². The Bertz CT molecular complexity index is 300. The first kappa shape index (κ1) is 10.6. The predicted octanol–water partition coefficient (Wildman–Crippen LogP) is 0.698. The van der Waals surface area contributed by atoms with Crippen molar-refractivity contribution in [3.63, 3.8) is 0 Å². The molecule has 0 bridgehead atoms. The topological polar surface area (TPSA) is 84.6 Å². The number of nitro groups is 1. The van der Waals surface area contributed by atoms with Crippen molar-refractivity contribution in [3.8, 4) is 0 Å². The third kappa shape index (κ3) is 1.36. The highest BCUT2D eigenvalue weighted by Crippen LogP contribution is 2.24. The summed E-state index contributed by atoms with van der Waals surface area (Å²) in [6, 6.07) is 0. The van der Waals surface area contributed by atoms with Gasteiger partial charge < -0.3 is 0 Å². The molecule has 0 aromatic rings. The molecule has 78 valence electrons. The minimum Gasteiger partial charge on any atom is -0.264 e. The highest BCUT2D eigenvalue weighted by molar-refractivity contribution is 6.14. The zero-order valence-corrected chi connectivity index (χ0v) is 8.24. The fourth-order valence-corrected chi connectivity index (χ4v) is 1.52. The number of unbranched alkanes of at least 4 members (excludes halogenated alkanes) is 1. The van der Waals surface area contributed by atoms with E-state index in [0.717, 1.165) is 6.42 Å². The number of nitrogens with one attached hydrogen (secondary N) is 1. The SMILES string of the molecule is CCCCC1([N+](=O)[O-])C(=O)NN=C1C. The summed E-state index contributed by atoms with van der Waals surface area (Å²) in [6.07, 6.45) is 1.68. The first-order chi connectivity index (χ1) is 6.55. The lowest BCUT2D eigenvalue weighted by Crippen LogP contribution is -2.51. The molecule has 0 aromatic carbocycles. The first-order valence-corrected chi connectivity index (χ1v) is 4.55. The highest BCUT2D eigenvalue weighted by Gasteiger charge is 2.56. The summed E-state index contributed by atoms with van der Waals surface area (Å²) in [5.41, 5.74) is 0.794. The quantitative estimate of drug-likeness (QED) is 0.534. The van der Waals surface area contributed by atoms with Crippen molar-refractivity contribution in [2.24, 2.45) is 5.10 Å². The van der Waals surface area contributed by atoms with E-state index in [2.05, 4.69) is 10.5 Å². The molecule has 1 aliphatic rings. The average molecular weight is 199 g/mol. The minimum absolute atomic E-state index is 0.220. The van der Waals surface area contributed by atoms with Gasteiger partial charge in [-0.15, -0.1) is 0 Å². The first-order valence-electron chi connectivity index (χ1n) is 4.55. The summed E-state index contributed by atoms with van der Waals surface area (Å²) in [6.45, 7) is 3.43. The number of nitrogens with zero attached hydrogens (tertiary/aromatic N) is 2. The molecule has 1 N–H and O–H groups in total. The van der Waals surface area contributed by atoms with Crippen LogP contribution in [-0.4, -0.2) is 22.1 Å². The number of carbonyl (C=O) groups excluding carboxylic acids is 1. The summed E-state index contributed by atoms with van der Waals surface area (Å²) >= 11 is 0. The Morgan fingerprint density at radius 1 is 1.64 bits per heavy atom. The van der Waals surface area contributed by atoms with E-state index in [9.17, 15) is 14.9 Å². The van der Waals surface area contributed by atoms with Crippen LogP contribution in [0.5, 0.6) is 0 Å². The van der Waals surface area contributed by atoms with E-state index >= 15 is 0 Å². The van der Waals surface area contributed by atoms with Crippen LogP contribution in [0.3, 0.4) is 0 Å². The molecule has 0 saturated heterocycles. The van der Waals surface area contributed by atoms with E-state index < -0.39 is 16.4 Å². The maximum Gasteiger partial charge on any atom is 0.339 e. The Hall–Kier alpha value is -1.46. The van der Waals surface area contributed by atoms with Gasteiger partial charge in [0, 0.05) is 11.3 Å². The van der Waals surface area contributed by atoms with Crippen molar-refractivity contribution in [2.75, 3.05) is 0 Å².